The molecule has 0 aliphatic rings. The summed E-state index contributed by atoms with van der Waals surface area (Å²) in [6.45, 7) is 7.23. The van der Waals surface area contributed by atoms with Crippen LogP contribution < -0.4 is 10.9 Å². The normalized spacial score (nSPS) is 11.2. The van der Waals surface area contributed by atoms with Gasteiger partial charge < -0.3 is 10.3 Å². The van der Waals surface area contributed by atoms with Crippen LogP contribution in [0.5, 0.6) is 0 Å². The third-order valence-electron chi connectivity index (χ3n) is 1.58. The quantitative estimate of drug-likeness (QED) is 0.711. The number of carbonyl (C=O) groups is 1. The van der Waals surface area contributed by atoms with Gasteiger partial charge in [-0.2, -0.15) is 0 Å². The van der Waals surface area contributed by atoms with Crippen molar-refractivity contribution >= 4 is 5.91 Å². The van der Waals surface area contributed by atoms with E-state index in [0.717, 1.165) is 0 Å². The van der Waals surface area contributed by atoms with Gasteiger partial charge in [-0.15, -0.1) is 0 Å². The Labute approximate surface area is 87.9 Å². The van der Waals surface area contributed by atoms with Gasteiger partial charge in [-0.3, -0.25) is 9.59 Å². The van der Waals surface area contributed by atoms with Crippen LogP contribution in [-0.2, 0) is 0 Å². The minimum atomic E-state index is -0.338. The zero-order chi connectivity index (χ0) is 11.6. The summed E-state index contributed by atoms with van der Waals surface area (Å²) in [6.07, 6.45) is 0. The van der Waals surface area contributed by atoms with Gasteiger partial charge in [0.2, 0.25) is 0 Å². The zero-order valence-electron chi connectivity index (χ0n) is 9.34. The monoisotopic (exact) mass is 209 g/mol. The van der Waals surface area contributed by atoms with Gasteiger partial charge in [-0.1, -0.05) is 0 Å². The van der Waals surface area contributed by atoms with Crippen molar-refractivity contribution in [3.05, 3.63) is 27.9 Å². The van der Waals surface area contributed by atoms with Gasteiger partial charge in [0.15, 0.2) is 0 Å². The fraction of sp³-hybridized carbons (Fsp3) is 0.500. The van der Waals surface area contributed by atoms with E-state index in [9.17, 15) is 9.59 Å². The minimum absolute atomic E-state index is 0.145. The molecule has 0 aromatic carbocycles. The molecule has 1 aromatic rings. The molecule has 5 heteroatoms. The molecule has 1 rings (SSSR count). The van der Waals surface area contributed by atoms with E-state index >= 15 is 0 Å². The highest BCUT2D eigenvalue weighted by Crippen LogP contribution is 2.01. The van der Waals surface area contributed by atoms with Crippen molar-refractivity contribution in [2.45, 2.75) is 33.2 Å². The first-order chi connectivity index (χ1) is 6.78. The fourth-order valence-corrected chi connectivity index (χ4v) is 1.10. The Kier molecular flexibility index (Phi) is 2.93. The van der Waals surface area contributed by atoms with Crippen LogP contribution in [0.15, 0.2) is 10.9 Å². The maximum Gasteiger partial charge on any atom is 0.270 e. The van der Waals surface area contributed by atoms with Crippen LogP contribution in [0.3, 0.4) is 0 Å². The lowest BCUT2D eigenvalue weighted by Crippen LogP contribution is -2.41. The smallest absolute Gasteiger partial charge is 0.270 e. The minimum Gasteiger partial charge on any atom is -0.346 e. The number of carbonyl (C=O) groups excluding carboxylic acids is 1. The van der Waals surface area contributed by atoms with Crippen LogP contribution in [0.1, 0.15) is 37.1 Å². The largest absolute Gasteiger partial charge is 0.346 e. The zero-order valence-corrected chi connectivity index (χ0v) is 9.34. The van der Waals surface area contributed by atoms with Crippen LogP contribution in [-0.4, -0.2) is 21.4 Å². The molecule has 0 radical (unpaired) electrons. The van der Waals surface area contributed by atoms with E-state index in [1.807, 2.05) is 20.8 Å². The van der Waals surface area contributed by atoms with E-state index in [4.69, 9.17) is 0 Å². The van der Waals surface area contributed by atoms with Crippen LogP contribution in [0.2, 0.25) is 0 Å². The molecule has 0 spiro atoms. The number of aromatic amines is 1. The van der Waals surface area contributed by atoms with Gasteiger partial charge in [-0.25, -0.2) is 4.98 Å². The number of hydrogen-bond acceptors (Lipinski definition) is 3. The van der Waals surface area contributed by atoms with Crippen molar-refractivity contribution in [3.8, 4) is 0 Å². The van der Waals surface area contributed by atoms with Crippen molar-refractivity contribution in [2.75, 3.05) is 0 Å². The number of amides is 1. The number of hydrogen-bond donors (Lipinski definition) is 2. The molecular weight excluding hydrogens is 194 g/mol. The summed E-state index contributed by atoms with van der Waals surface area (Å²) in [4.78, 5) is 29.2. The Morgan fingerprint density at radius 2 is 2.07 bits per heavy atom. The van der Waals surface area contributed by atoms with Gasteiger partial charge in [-0.05, 0) is 27.7 Å². The van der Waals surface area contributed by atoms with E-state index in [1.54, 1.807) is 6.92 Å². The van der Waals surface area contributed by atoms with Crippen molar-refractivity contribution in [1.82, 2.24) is 15.3 Å². The Balaban J connectivity index is 2.97. The molecule has 15 heavy (non-hydrogen) atoms. The number of nitrogens with zero attached hydrogens (tertiary/aromatic N) is 1. The first kappa shape index (κ1) is 11.4. The molecular formula is C10H15N3O2. The first-order valence-corrected chi connectivity index (χ1v) is 4.68. The maximum atomic E-state index is 11.6. The van der Waals surface area contributed by atoms with Gasteiger partial charge in [0.1, 0.15) is 11.5 Å². The van der Waals surface area contributed by atoms with Gasteiger partial charge in [0, 0.05) is 11.6 Å². The standard InChI is InChI=1S/C10H15N3O2/c1-6-11-7(5-8(14)12-6)9(15)13-10(2,3)4/h5H,1-4H3,(H,13,15)(H,11,12,14). The van der Waals surface area contributed by atoms with Crippen LogP contribution >= 0.6 is 0 Å². The Morgan fingerprint density at radius 1 is 1.47 bits per heavy atom. The highest BCUT2D eigenvalue weighted by Gasteiger charge is 2.16. The molecule has 0 unspecified atom stereocenters. The lowest BCUT2D eigenvalue weighted by molar-refractivity contribution is 0.0914. The number of aryl methyl sites for hydroxylation is 1. The predicted octanol–water partition coefficient (Wildman–Crippen LogP) is 0.607. The summed E-state index contributed by atoms with van der Waals surface area (Å²) in [5.74, 6) is 0.0956. The van der Waals surface area contributed by atoms with Crippen molar-refractivity contribution in [2.24, 2.45) is 0 Å². The highest BCUT2D eigenvalue weighted by molar-refractivity contribution is 5.92. The average Bonchev–Trinajstić information content (AvgIpc) is 1.98. The summed E-state index contributed by atoms with van der Waals surface area (Å²) in [6, 6.07) is 1.19. The average molecular weight is 209 g/mol. The summed E-state index contributed by atoms with van der Waals surface area (Å²) in [5, 5.41) is 2.74. The summed E-state index contributed by atoms with van der Waals surface area (Å²) >= 11 is 0. The molecule has 0 fully saturated rings. The second-order valence-corrected chi connectivity index (χ2v) is 4.42. The lowest BCUT2D eigenvalue weighted by atomic mass is 10.1. The van der Waals surface area contributed by atoms with Gasteiger partial charge in [0.25, 0.3) is 11.5 Å². The molecule has 0 aliphatic heterocycles. The first-order valence-electron chi connectivity index (χ1n) is 4.68. The fourth-order valence-electron chi connectivity index (χ4n) is 1.10. The van der Waals surface area contributed by atoms with Crippen LogP contribution in [0.25, 0.3) is 0 Å². The number of H-pyrrole nitrogens is 1. The van der Waals surface area contributed by atoms with E-state index in [-0.39, 0.29) is 22.7 Å². The van der Waals surface area contributed by atoms with Crippen LogP contribution in [0, 0.1) is 6.92 Å². The SMILES string of the molecule is Cc1nc(C(=O)NC(C)(C)C)cc(=O)[nH]1. The summed E-state index contributed by atoms with van der Waals surface area (Å²) < 4.78 is 0. The Bertz CT molecular complexity index is 429. The van der Waals surface area contributed by atoms with E-state index in [1.165, 1.54) is 6.07 Å². The number of aromatic nitrogens is 2. The van der Waals surface area contributed by atoms with Crippen molar-refractivity contribution in [1.29, 1.82) is 0 Å². The molecule has 82 valence electrons. The molecule has 5 nitrogen and oxygen atoms in total. The molecule has 0 atom stereocenters. The molecule has 1 amide bonds. The predicted molar refractivity (Wildman–Crippen MR) is 56.8 cm³/mol. The third-order valence-corrected chi connectivity index (χ3v) is 1.58. The van der Waals surface area contributed by atoms with E-state index < -0.39 is 0 Å². The molecule has 0 aliphatic carbocycles. The number of nitrogens with one attached hydrogen (secondary N) is 2. The van der Waals surface area contributed by atoms with E-state index in [0.29, 0.717) is 5.82 Å². The molecule has 1 heterocycles. The number of rotatable bonds is 1. The molecule has 0 saturated carbocycles. The summed E-state index contributed by atoms with van der Waals surface area (Å²) in [7, 11) is 0. The highest BCUT2D eigenvalue weighted by atomic mass is 16.2. The molecule has 1 aromatic heterocycles. The maximum absolute atomic E-state index is 11.6. The topological polar surface area (TPSA) is 74.8 Å². The molecule has 0 bridgehead atoms. The Hall–Kier alpha value is -1.65. The second-order valence-electron chi connectivity index (χ2n) is 4.42. The summed E-state index contributed by atoms with van der Waals surface area (Å²) in [5.41, 5.74) is -0.511. The van der Waals surface area contributed by atoms with Crippen molar-refractivity contribution < 1.29 is 4.79 Å². The second kappa shape index (κ2) is 3.84. The van der Waals surface area contributed by atoms with Gasteiger partial charge >= 0.3 is 0 Å². The van der Waals surface area contributed by atoms with Crippen molar-refractivity contribution in [3.63, 3.8) is 0 Å². The van der Waals surface area contributed by atoms with Gasteiger partial charge in [0.05, 0.1) is 0 Å². The van der Waals surface area contributed by atoms with Crippen LogP contribution in [0.4, 0.5) is 0 Å². The third kappa shape index (κ3) is 3.53. The van der Waals surface area contributed by atoms with E-state index in [2.05, 4.69) is 15.3 Å². The lowest BCUT2D eigenvalue weighted by Gasteiger charge is -2.19. The molecule has 0 saturated heterocycles. The molecule has 2 N–H and O–H groups in total. The Morgan fingerprint density at radius 3 is 2.53 bits per heavy atom.